The number of hydrogen-bond donors (Lipinski definition) is 2. The van der Waals surface area contributed by atoms with E-state index in [1.165, 1.54) is 13.8 Å². The number of carboxylic acid groups (broad SMARTS) is 2. The molecule has 0 bridgehead atoms. The predicted molar refractivity (Wildman–Crippen MR) is 234 cm³/mol. The molecule has 4 rings (SSSR count). The number of pyridine rings is 2. The van der Waals surface area contributed by atoms with Gasteiger partial charge in [0.25, 0.3) is 0 Å². The highest BCUT2D eigenvalue weighted by atomic mass is 79.9. The van der Waals surface area contributed by atoms with E-state index in [-0.39, 0.29) is 41.7 Å². The average molecular weight is 880 g/mol. The van der Waals surface area contributed by atoms with E-state index in [0.717, 1.165) is 37.5 Å². The molecule has 2 unspecified atom stereocenters. The summed E-state index contributed by atoms with van der Waals surface area (Å²) in [5, 5.41) is 20.0. The zero-order valence-electron chi connectivity index (χ0n) is 35.7. The van der Waals surface area contributed by atoms with Crippen LogP contribution in [0.15, 0.2) is 83.9 Å². The number of aliphatic carboxylic acids is 2. The molecule has 0 saturated heterocycles. The van der Waals surface area contributed by atoms with Gasteiger partial charge in [-0.05, 0) is 73.4 Å². The number of carbonyl (C=O) groups is 4. The number of aromatic nitrogens is 2. The molecule has 0 fully saturated rings. The van der Waals surface area contributed by atoms with Crippen molar-refractivity contribution in [3.05, 3.63) is 101 Å². The van der Waals surface area contributed by atoms with Crippen molar-refractivity contribution in [3.63, 3.8) is 0 Å². The second-order valence-electron chi connectivity index (χ2n) is 15.0. The smallest absolute Gasteiger partial charge is 0.333 e. The molecule has 13 heteroatoms. The van der Waals surface area contributed by atoms with Gasteiger partial charge in [0.05, 0.1) is 35.6 Å². The third-order valence-electron chi connectivity index (χ3n) is 8.73. The summed E-state index contributed by atoms with van der Waals surface area (Å²) < 4.78 is 22.1. The molecule has 2 N–H and O–H groups in total. The Morgan fingerprint density at radius 2 is 1.08 bits per heavy atom. The van der Waals surface area contributed by atoms with Crippen LogP contribution in [0.25, 0.3) is 27.9 Å². The van der Waals surface area contributed by atoms with Crippen molar-refractivity contribution in [2.45, 2.75) is 93.7 Å². The highest BCUT2D eigenvalue weighted by molar-refractivity contribution is 9.10. The maximum absolute atomic E-state index is 11.2. The topological polar surface area (TPSA) is 171 Å². The van der Waals surface area contributed by atoms with Crippen molar-refractivity contribution in [2.75, 3.05) is 13.2 Å². The van der Waals surface area contributed by atoms with Crippen molar-refractivity contribution in [3.8, 4) is 0 Å². The number of esters is 2. The molecule has 0 amide bonds. The first-order valence-corrected chi connectivity index (χ1v) is 20.3. The first kappa shape index (κ1) is 50.2. The van der Waals surface area contributed by atoms with Crippen molar-refractivity contribution in [2.24, 2.45) is 23.7 Å². The van der Waals surface area contributed by atoms with Crippen LogP contribution in [-0.2, 0) is 38.1 Å². The Kier molecular flexibility index (Phi) is 21.1. The van der Waals surface area contributed by atoms with E-state index in [9.17, 15) is 24.3 Å². The van der Waals surface area contributed by atoms with Crippen LogP contribution in [0.5, 0.6) is 0 Å². The molecule has 59 heavy (non-hydrogen) atoms. The maximum atomic E-state index is 11.2. The zero-order valence-corrected chi connectivity index (χ0v) is 37.3. The van der Waals surface area contributed by atoms with Gasteiger partial charge in [0.1, 0.15) is 12.2 Å². The number of halogens is 1. The third-order valence-corrected chi connectivity index (χ3v) is 9.22. The minimum absolute atomic E-state index is 0.00508. The number of benzene rings is 2. The van der Waals surface area contributed by atoms with Crippen molar-refractivity contribution in [1.29, 1.82) is 0 Å². The van der Waals surface area contributed by atoms with Gasteiger partial charge >= 0.3 is 23.9 Å². The largest absolute Gasteiger partial charge is 0.479 e. The number of fused-ring (bicyclic) bond motifs is 2. The SMILES string of the molecule is C=CC(C)CO[C@H](C(=O)O)C(C)C.CC(=O)O[C@H](C)c1ccc2ccc(/C=C/C(C)CO[C@H](C(=O)O)C(C)C)cc2n1.CC(=O)O[C@H](C)c1ccc2ccc(Br)cc2n1. The summed E-state index contributed by atoms with van der Waals surface area (Å²) in [6, 6.07) is 19.5. The van der Waals surface area contributed by atoms with Gasteiger partial charge in [0, 0.05) is 29.1 Å². The zero-order chi connectivity index (χ0) is 44.4. The molecule has 2 aromatic heterocycles. The second-order valence-corrected chi connectivity index (χ2v) is 15.9. The van der Waals surface area contributed by atoms with E-state index in [2.05, 4.69) is 32.5 Å². The fourth-order valence-electron chi connectivity index (χ4n) is 5.44. The number of hydrogen-bond acceptors (Lipinski definition) is 10. The lowest BCUT2D eigenvalue weighted by Gasteiger charge is -2.18. The molecule has 6 atom stereocenters. The van der Waals surface area contributed by atoms with Gasteiger partial charge in [0.15, 0.2) is 12.2 Å². The molecule has 0 aliphatic heterocycles. The molecule has 0 radical (unpaired) electrons. The monoisotopic (exact) mass is 878 g/mol. The lowest BCUT2D eigenvalue weighted by Crippen LogP contribution is -2.30. The molecule has 4 aromatic rings. The first-order chi connectivity index (χ1) is 27.7. The van der Waals surface area contributed by atoms with Crippen molar-refractivity contribution in [1.82, 2.24) is 9.97 Å². The predicted octanol–water partition coefficient (Wildman–Crippen LogP) is 10.2. The van der Waals surface area contributed by atoms with Gasteiger partial charge in [0.2, 0.25) is 0 Å². The van der Waals surface area contributed by atoms with Crippen LogP contribution >= 0.6 is 15.9 Å². The average Bonchev–Trinajstić information content (AvgIpc) is 3.15. The van der Waals surface area contributed by atoms with Gasteiger partial charge in [-0.15, -0.1) is 6.58 Å². The number of nitrogens with zero attached hydrogens (tertiary/aromatic N) is 2. The summed E-state index contributed by atoms with van der Waals surface area (Å²) in [6.45, 7) is 22.0. The van der Waals surface area contributed by atoms with Gasteiger partial charge in [-0.1, -0.05) is 106 Å². The van der Waals surface area contributed by atoms with Gasteiger partial charge in [-0.2, -0.15) is 0 Å². The summed E-state index contributed by atoms with van der Waals surface area (Å²) in [5.74, 6) is -2.30. The molecule has 12 nitrogen and oxygen atoms in total. The Bertz CT molecular complexity index is 2050. The third kappa shape index (κ3) is 17.8. The quantitative estimate of drug-likeness (QED) is 0.0761. The van der Waals surface area contributed by atoms with E-state index in [4.69, 9.17) is 24.1 Å². The van der Waals surface area contributed by atoms with E-state index < -0.39 is 30.3 Å². The van der Waals surface area contributed by atoms with E-state index in [1.807, 2.05) is 121 Å². The standard InChI is InChI=1S/C23H29NO5.C13H12BrNO2.C10H18O3/c1-14(2)22(23(26)27)28-13-15(3)6-7-18-8-9-19-10-11-20(24-21(19)12-18)16(4)29-17(5)25;1-8(17-9(2)16)12-6-4-10-3-5-11(14)7-13(10)15-12;1-5-8(4)6-13-9(7(2)3)10(11)12/h6-12,14-16,22H,13H2,1-5H3,(H,26,27);3-8H,1-2H3;5,7-9H,1,6H2,2-4H3,(H,11,12)/b7-6+;;/t15?,16-,22+;8-;8?,9-/m110/s1. The molecular formula is C46H59BrN2O10. The number of carbonyl (C=O) groups excluding carboxylic acids is 2. The van der Waals surface area contributed by atoms with Crippen LogP contribution in [0, 0.1) is 23.7 Å². The van der Waals surface area contributed by atoms with Gasteiger partial charge < -0.3 is 29.2 Å². The molecule has 2 aromatic carbocycles. The van der Waals surface area contributed by atoms with Crippen molar-refractivity contribution >= 4 is 67.7 Å². The molecule has 0 spiro atoms. The summed E-state index contributed by atoms with van der Waals surface area (Å²) in [7, 11) is 0. The van der Waals surface area contributed by atoms with E-state index >= 15 is 0 Å². The Morgan fingerprint density at radius 3 is 1.51 bits per heavy atom. The number of ether oxygens (including phenoxy) is 4. The second kappa shape index (κ2) is 24.8. The van der Waals surface area contributed by atoms with Crippen LogP contribution in [-0.4, -0.2) is 69.5 Å². The molecule has 0 saturated carbocycles. The van der Waals surface area contributed by atoms with Crippen LogP contribution in [0.3, 0.4) is 0 Å². The number of rotatable bonds is 17. The fraction of sp³-hybridized carbons (Fsp3) is 0.435. The fourth-order valence-corrected chi connectivity index (χ4v) is 5.79. The highest BCUT2D eigenvalue weighted by Crippen LogP contribution is 2.23. The Balaban J connectivity index is 0.000000338. The number of carboxylic acids is 2. The molecule has 0 aliphatic rings. The van der Waals surface area contributed by atoms with E-state index in [0.29, 0.717) is 18.9 Å². The Hall–Kier alpha value is -4.98. The van der Waals surface area contributed by atoms with Gasteiger partial charge in [-0.3, -0.25) is 9.59 Å². The minimum Gasteiger partial charge on any atom is -0.479 e. The summed E-state index contributed by atoms with van der Waals surface area (Å²) in [4.78, 5) is 53.0. The Morgan fingerprint density at radius 1 is 0.661 bits per heavy atom. The summed E-state index contributed by atoms with van der Waals surface area (Å²) in [6.07, 6.45) is 3.48. The lowest BCUT2D eigenvalue weighted by molar-refractivity contribution is -0.154. The van der Waals surface area contributed by atoms with Crippen LogP contribution < -0.4 is 0 Å². The summed E-state index contributed by atoms with van der Waals surface area (Å²) >= 11 is 3.41. The Labute approximate surface area is 356 Å². The normalized spacial score (nSPS) is 14.3. The molecule has 0 aliphatic carbocycles. The van der Waals surface area contributed by atoms with Crippen LogP contribution in [0.1, 0.15) is 98.4 Å². The molecule has 2 heterocycles. The van der Waals surface area contributed by atoms with E-state index in [1.54, 1.807) is 13.0 Å². The molecule has 320 valence electrons. The van der Waals surface area contributed by atoms with Crippen LogP contribution in [0.4, 0.5) is 0 Å². The summed E-state index contributed by atoms with van der Waals surface area (Å²) in [5.41, 5.74) is 4.14. The minimum atomic E-state index is -0.935. The molecular weight excluding hydrogens is 820 g/mol. The van der Waals surface area contributed by atoms with Crippen molar-refractivity contribution < 1.29 is 48.3 Å². The maximum Gasteiger partial charge on any atom is 0.333 e. The highest BCUT2D eigenvalue weighted by Gasteiger charge is 2.23. The first-order valence-electron chi connectivity index (χ1n) is 19.5. The van der Waals surface area contributed by atoms with Gasteiger partial charge in [-0.25, -0.2) is 19.6 Å². The van der Waals surface area contributed by atoms with Crippen LogP contribution in [0.2, 0.25) is 0 Å². The lowest BCUT2D eigenvalue weighted by atomic mass is 10.1.